The number of aryl methyl sites for hydroxylation is 1. The molecule has 5 nitrogen and oxygen atoms in total. The molecular formula is C17H18ClN3O2. The van der Waals surface area contributed by atoms with Crippen molar-refractivity contribution in [2.45, 2.75) is 6.92 Å². The maximum absolute atomic E-state index is 12.2. The minimum absolute atomic E-state index is 0.189. The summed E-state index contributed by atoms with van der Waals surface area (Å²) in [5, 5.41) is 6.02. The van der Waals surface area contributed by atoms with Crippen molar-refractivity contribution in [2.75, 3.05) is 18.4 Å². The maximum Gasteiger partial charge on any atom is 0.255 e. The summed E-state index contributed by atoms with van der Waals surface area (Å²) < 4.78 is 0. The van der Waals surface area contributed by atoms with E-state index in [0.717, 1.165) is 5.56 Å². The first kappa shape index (κ1) is 17.0. The molecule has 23 heavy (non-hydrogen) atoms. The largest absolute Gasteiger partial charge is 0.351 e. The lowest BCUT2D eigenvalue weighted by molar-refractivity contribution is 0.0954. The molecule has 6 heteroatoms. The molecule has 0 saturated heterocycles. The van der Waals surface area contributed by atoms with Gasteiger partial charge in [0.25, 0.3) is 11.8 Å². The predicted molar refractivity (Wildman–Crippen MR) is 92.0 cm³/mol. The molecular weight excluding hydrogens is 314 g/mol. The summed E-state index contributed by atoms with van der Waals surface area (Å²) in [4.78, 5) is 24.1. The van der Waals surface area contributed by atoms with Gasteiger partial charge in [0.2, 0.25) is 0 Å². The third-order valence-electron chi connectivity index (χ3n) is 3.25. The molecule has 0 aromatic heterocycles. The lowest BCUT2D eigenvalue weighted by Crippen LogP contribution is -2.29. The van der Waals surface area contributed by atoms with Crippen molar-refractivity contribution in [1.29, 1.82) is 0 Å². The van der Waals surface area contributed by atoms with Crippen LogP contribution in [0.5, 0.6) is 0 Å². The van der Waals surface area contributed by atoms with E-state index >= 15 is 0 Å². The van der Waals surface area contributed by atoms with Crippen molar-refractivity contribution in [3.8, 4) is 0 Å². The monoisotopic (exact) mass is 331 g/mol. The zero-order valence-electron chi connectivity index (χ0n) is 12.7. The third-order valence-corrected chi connectivity index (χ3v) is 3.49. The molecule has 4 N–H and O–H groups in total. The molecule has 0 spiro atoms. The first-order valence-electron chi connectivity index (χ1n) is 7.17. The van der Waals surface area contributed by atoms with Crippen molar-refractivity contribution in [1.82, 2.24) is 5.32 Å². The van der Waals surface area contributed by atoms with E-state index in [1.165, 1.54) is 0 Å². The van der Waals surface area contributed by atoms with E-state index in [0.29, 0.717) is 34.9 Å². The Balaban J connectivity index is 2.12. The van der Waals surface area contributed by atoms with Crippen LogP contribution in [0.3, 0.4) is 0 Å². The average molecular weight is 332 g/mol. The number of carbonyl (C=O) groups excluding carboxylic acids is 2. The van der Waals surface area contributed by atoms with E-state index in [2.05, 4.69) is 10.6 Å². The number of rotatable bonds is 5. The van der Waals surface area contributed by atoms with Crippen LogP contribution in [-0.4, -0.2) is 24.9 Å². The Bertz CT molecular complexity index is 732. The topological polar surface area (TPSA) is 84.2 Å². The summed E-state index contributed by atoms with van der Waals surface area (Å²) in [6, 6.07) is 11.8. The van der Waals surface area contributed by atoms with Crippen LogP contribution in [0.1, 0.15) is 26.3 Å². The SMILES string of the molecule is Cc1cc(C(=O)NCCN)ccc1NC(=O)c1cccc(Cl)c1. The van der Waals surface area contributed by atoms with Crippen molar-refractivity contribution in [3.05, 3.63) is 64.2 Å². The Morgan fingerprint density at radius 2 is 1.83 bits per heavy atom. The van der Waals surface area contributed by atoms with Crippen LogP contribution in [0.4, 0.5) is 5.69 Å². The van der Waals surface area contributed by atoms with Crippen LogP contribution >= 0.6 is 11.6 Å². The van der Waals surface area contributed by atoms with Crippen LogP contribution in [0.2, 0.25) is 5.02 Å². The minimum atomic E-state index is -0.254. The zero-order chi connectivity index (χ0) is 16.8. The van der Waals surface area contributed by atoms with Crippen LogP contribution in [0, 0.1) is 6.92 Å². The summed E-state index contributed by atoms with van der Waals surface area (Å²) in [6.45, 7) is 2.64. The van der Waals surface area contributed by atoms with Crippen molar-refractivity contribution >= 4 is 29.1 Å². The van der Waals surface area contributed by atoms with Gasteiger partial charge in [-0.3, -0.25) is 9.59 Å². The highest BCUT2D eigenvalue weighted by Gasteiger charge is 2.11. The Kier molecular flexibility index (Phi) is 5.73. The first-order chi connectivity index (χ1) is 11.0. The molecule has 0 fully saturated rings. The number of benzene rings is 2. The first-order valence-corrected chi connectivity index (χ1v) is 7.55. The van der Waals surface area contributed by atoms with E-state index in [1.54, 1.807) is 42.5 Å². The predicted octanol–water partition coefficient (Wildman–Crippen LogP) is 2.59. The lowest BCUT2D eigenvalue weighted by Gasteiger charge is -2.11. The molecule has 0 bridgehead atoms. The smallest absolute Gasteiger partial charge is 0.255 e. The fourth-order valence-electron chi connectivity index (χ4n) is 2.06. The summed E-state index contributed by atoms with van der Waals surface area (Å²) in [5.41, 5.74) is 7.79. The number of carbonyl (C=O) groups is 2. The summed E-state index contributed by atoms with van der Waals surface area (Å²) >= 11 is 5.89. The number of nitrogens with two attached hydrogens (primary N) is 1. The molecule has 2 aromatic rings. The molecule has 0 radical (unpaired) electrons. The van der Waals surface area contributed by atoms with Gasteiger partial charge < -0.3 is 16.4 Å². The molecule has 0 aliphatic heterocycles. The Morgan fingerprint density at radius 1 is 1.09 bits per heavy atom. The molecule has 0 saturated carbocycles. The van der Waals surface area contributed by atoms with Gasteiger partial charge >= 0.3 is 0 Å². The van der Waals surface area contributed by atoms with Crippen LogP contribution in [-0.2, 0) is 0 Å². The number of anilines is 1. The molecule has 2 aromatic carbocycles. The van der Waals surface area contributed by atoms with Crippen molar-refractivity contribution in [3.63, 3.8) is 0 Å². The minimum Gasteiger partial charge on any atom is -0.351 e. The second-order valence-electron chi connectivity index (χ2n) is 5.04. The normalized spacial score (nSPS) is 10.2. The number of hydrogen-bond acceptors (Lipinski definition) is 3. The number of halogens is 1. The molecule has 0 unspecified atom stereocenters. The van der Waals surface area contributed by atoms with Gasteiger partial charge in [-0.2, -0.15) is 0 Å². The fraction of sp³-hybridized carbons (Fsp3) is 0.176. The van der Waals surface area contributed by atoms with Gasteiger partial charge in [-0.1, -0.05) is 17.7 Å². The van der Waals surface area contributed by atoms with Crippen LogP contribution in [0.15, 0.2) is 42.5 Å². The molecule has 120 valence electrons. The second kappa shape index (κ2) is 7.76. The molecule has 0 aliphatic rings. The van der Waals surface area contributed by atoms with Crippen molar-refractivity contribution in [2.24, 2.45) is 5.73 Å². The molecule has 0 atom stereocenters. The highest BCUT2D eigenvalue weighted by atomic mass is 35.5. The van der Waals surface area contributed by atoms with Gasteiger partial charge in [0.15, 0.2) is 0 Å². The summed E-state index contributed by atoms with van der Waals surface area (Å²) in [5.74, 6) is -0.442. The van der Waals surface area contributed by atoms with E-state index < -0.39 is 0 Å². The Morgan fingerprint density at radius 3 is 2.48 bits per heavy atom. The Hall–Kier alpha value is -2.37. The van der Waals surface area contributed by atoms with Gasteiger partial charge in [0.05, 0.1) is 0 Å². The highest BCUT2D eigenvalue weighted by molar-refractivity contribution is 6.31. The quantitative estimate of drug-likeness (QED) is 0.787. The number of hydrogen-bond donors (Lipinski definition) is 3. The van der Waals surface area contributed by atoms with E-state index in [1.807, 2.05) is 6.92 Å². The van der Waals surface area contributed by atoms with Gasteiger partial charge in [-0.15, -0.1) is 0 Å². The van der Waals surface area contributed by atoms with Gasteiger partial charge in [-0.25, -0.2) is 0 Å². The van der Waals surface area contributed by atoms with Crippen LogP contribution in [0.25, 0.3) is 0 Å². The second-order valence-corrected chi connectivity index (χ2v) is 5.48. The molecule has 2 rings (SSSR count). The maximum atomic E-state index is 12.2. The summed E-state index contributed by atoms with van der Waals surface area (Å²) in [7, 11) is 0. The lowest BCUT2D eigenvalue weighted by atomic mass is 10.1. The highest BCUT2D eigenvalue weighted by Crippen LogP contribution is 2.18. The molecule has 0 heterocycles. The van der Waals surface area contributed by atoms with E-state index in [4.69, 9.17) is 17.3 Å². The van der Waals surface area contributed by atoms with Gasteiger partial charge in [0.1, 0.15) is 0 Å². The number of nitrogens with one attached hydrogen (secondary N) is 2. The molecule has 2 amide bonds. The standard InChI is InChI=1S/C17H18ClN3O2/c1-11-9-13(16(22)20-8-7-19)5-6-15(11)21-17(23)12-3-2-4-14(18)10-12/h2-6,9-10H,7-8,19H2,1H3,(H,20,22)(H,21,23). The molecule has 0 aliphatic carbocycles. The summed E-state index contributed by atoms with van der Waals surface area (Å²) in [6.07, 6.45) is 0. The zero-order valence-corrected chi connectivity index (χ0v) is 13.5. The van der Waals surface area contributed by atoms with Gasteiger partial charge in [-0.05, 0) is 48.9 Å². The average Bonchev–Trinajstić information content (AvgIpc) is 2.54. The van der Waals surface area contributed by atoms with Crippen LogP contribution < -0.4 is 16.4 Å². The van der Waals surface area contributed by atoms with E-state index in [9.17, 15) is 9.59 Å². The van der Waals surface area contributed by atoms with E-state index in [-0.39, 0.29) is 11.8 Å². The van der Waals surface area contributed by atoms with Crippen molar-refractivity contribution < 1.29 is 9.59 Å². The Labute approximate surface area is 139 Å². The fourth-order valence-corrected chi connectivity index (χ4v) is 2.25. The third kappa shape index (κ3) is 4.55. The number of amides is 2. The van der Waals surface area contributed by atoms with Gasteiger partial charge in [0, 0.05) is 34.9 Å².